The Balaban J connectivity index is 1.76. The fraction of sp³-hybridized carbons (Fsp3) is 0.850. The highest BCUT2D eigenvalue weighted by Gasteiger charge is 2.34. The molecule has 1 saturated carbocycles. The first-order valence-corrected chi connectivity index (χ1v) is 11.4. The molecule has 1 aliphatic heterocycles. The minimum atomic E-state index is -0.161. The molecule has 0 aromatic carbocycles. The van der Waals surface area contributed by atoms with Gasteiger partial charge in [-0.15, -0.1) is 10.2 Å². The summed E-state index contributed by atoms with van der Waals surface area (Å²) in [5, 5.41) is 9.79. The van der Waals surface area contributed by atoms with Gasteiger partial charge in [-0.3, -0.25) is 9.36 Å². The molecular formula is C20H35N5OS. The summed E-state index contributed by atoms with van der Waals surface area (Å²) in [7, 11) is 0. The van der Waals surface area contributed by atoms with Crippen LogP contribution in [0.1, 0.15) is 73.3 Å². The van der Waals surface area contributed by atoms with E-state index in [4.69, 9.17) is 0 Å². The van der Waals surface area contributed by atoms with Crippen LogP contribution in [0.25, 0.3) is 0 Å². The van der Waals surface area contributed by atoms with E-state index in [1.54, 1.807) is 11.8 Å². The van der Waals surface area contributed by atoms with E-state index >= 15 is 0 Å². The van der Waals surface area contributed by atoms with Gasteiger partial charge in [0.1, 0.15) is 0 Å². The van der Waals surface area contributed by atoms with Crippen molar-refractivity contribution in [1.29, 1.82) is 0 Å². The maximum absolute atomic E-state index is 13.0. The van der Waals surface area contributed by atoms with Crippen LogP contribution in [0, 0.1) is 5.92 Å². The fourth-order valence-electron chi connectivity index (χ4n) is 3.95. The first-order valence-electron chi connectivity index (χ1n) is 10.5. The predicted molar refractivity (Wildman–Crippen MR) is 111 cm³/mol. The smallest absolute Gasteiger partial charge is 0.236 e. The minimum absolute atomic E-state index is 0.161. The molecule has 152 valence electrons. The third kappa shape index (κ3) is 4.61. The van der Waals surface area contributed by atoms with Gasteiger partial charge in [0.2, 0.25) is 11.9 Å². The Morgan fingerprint density at radius 2 is 1.63 bits per heavy atom. The van der Waals surface area contributed by atoms with Gasteiger partial charge in [-0.05, 0) is 66.2 Å². The molecule has 27 heavy (non-hydrogen) atoms. The quantitative estimate of drug-likeness (QED) is 0.656. The van der Waals surface area contributed by atoms with Crippen molar-refractivity contribution in [2.24, 2.45) is 5.92 Å². The molecule has 2 fully saturated rings. The lowest BCUT2D eigenvalue weighted by Gasteiger charge is -2.33. The van der Waals surface area contributed by atoms with Gasteiger partial charge in [0.05, 0.1) is 5.25 Å². The molecule has 1 amide bonds. The summed E-state index contributed by atoms with van der Waals surface area (Å²) >= 11 is 1.57. The van der Waals surface area contributed by atoms with Crippen LogP contribution in [0.2, 0.25) is 0 Å². The highest BCUT2D eigenvalue weighted by atomic mass is 32.2. The van der Waals surface area contributed by atoms with Crippen molar-refractivity contribution < 1.29 is 4.79 Å². The number of carbonyl (C=O) groups excluding carboxylic acids is 1. The summed E-state index contributed by atoms with van der Waals surface area (Å²) in [4.78, 5) is 17.4. The molecular weight excluding hydrogens is 358 g/mol. The van der Waals surface area contributed by atoms with Crippen molar-refractivity contribution >= 4 is 23.6 Å². The Morgan fingerprint density at radius 3 is 2.15 bits per heavy atom. The normalized spacial score (nSPS) is 19.8. The number of hydrogen-bond donors (Lipinski definition) is 0. The second-order valence-electron chi connectivity index (χ2n) is 8.75. The van der Waals surface area contributed by atoms with Crippen LogP contribution in [-0.4, -0.2) is 56.0 Å². The largest absolute Gasteiger partial charge is 0.341 e. The second-order valence-corrected chi connectivity index (χ2v) is 10.1. The van der Waals surface area contributed by atoms with Crippen molar-refractivity contribution in [2.45, 2.75) is 95.8 Å². The number of piperidine rings is 1. The number of rotatable bonds is 7. The van der Waals surface area contributed by atoms with E-state index < -0.39 is 0 Å². The van der Waals surface area contributed by atoms with Crippen molar-refractivity contribution in [1.82, 2.24) is 19.7 Å². The lowest BCUT2D eigenvalue weighted by Crippen LogP contribution is -2.45. The molecule has 7 heteroatoms. The standard InChI is InChI=1S/C20H35N5OS/c1-13(2)24(14(3)4)18(26)16(6)27-20-22-21-19(25(20)17-7-8-17)23-11-9-15(5)10-12-23/h13-17H,7-12H2,1-6H3. The average Bonchev–Trinajstić information content (AvgIpc) is 3.35. The summed E-state index contributed by atoms with van der Waals surface area (Å²) in [5.41, 5.74) is 0. The average molecular weight is 394 g/mol. The molecule has 3 rings (SSSR count). The minimum Gasteiger partial charge on any atom is -0.341 e. The third-order valence-corrected chi connectivity index (χ3v) is 6.67. The Hall–Kier alpha value is -1.24. The molecule has 6 nitrogen and oxygen atoms in total. The van der Waals surface area contributed by atoms with E-state index in [-0.39, 0.29) is 23.2 Å². The maximum Gasteiger partial charge on any atom is 0.236 e. The summed E-state index contributed by atoms with van der Waals surface area (Å²) < 4.78 is 2.31. The summed E-state index contributed by atoms with van der Waals surface area (Å²) in [6, 6.07) is 0.908. The molecule has 1 saturated heterocycles. The molecule has 0 spiro atoms. The molecule has 1 atom stereocenters. The van der Waals surface area contributed by atoms with E-state index in [9.17, 15) is 4.79 Å². The molecule has 1 unspecified atom stereocenters. The number of nitrogens with zero attached hydrogens (tertiary/aromatic N) is 5. The molecule has 1 aliphatic carbocycles. The number of hydrogen-bond acceptors (Lipinski definition) is 5. The Bertz CT molecular complexity index is 639. The molecule has 0 N–H and O–H groups in total. The zero-order valence-electron chi connectivity index (χ0n) is 17.7. The molecule has 2 heterocycles. The van der Waals surface area contributed by atoms with Crippen molar-refractivity contribution in [3.63, 3.8) is 0 Å². The monoisotopic (exact) mass is 393 g/mol. The number of anilines is 1. The van der Waals surface area contributed by atoms with Crippen LogP contribution in [0.15, 0.2) is 5.16 Å². The summed E-state index contributed by atoms with van der Waals surface area (Å²) in [6.07, 6.45) is 4.81. The first kappa shape index (κ1) is 20.5. The van der Waals surface area contributed by atoms with Gasteiger partial charge < -0.3 is 9.80 Å². The maximum atomic E-state index is 13.0. The van der Waals surface area contributed by atoms with Gasteiger partial charge in [-0.2, -0.15) is 0 Å². The van der Waals surface area contributed by atoms with E-state index in [0.29, 0.717) is 6.04 Å². The highest BCUT2D eigenvalue weighted by Crippen LogP contribution is 2.42. The van der Waals surface area contributed by atoms with E-state index in [0.717, 1.165) is 30.1 Å². The van der Waals surface area contributed by atoms with Gasteiger partial charge in [0.25, 0.3) is 0 Å². The van der Waals surface area contributed by atoms with Gasteiger partial charge in [-0.25, -0.2) is 0 Å². The number of carbonyl (C=O) groups is 1. The molecule has 2 aliphatic rings. The van der Waals surface area contributed by atoms with Crippen LogP contribution in [0.5, 0.6) is 0 Å². The van der Waals surface area contributed by atoms with Crippen LogP contribution in [0.3, 0.4) is 0 Å². The number of aromatic nitrogens is 3. The van der Waals surface area contributed by atoms with Crippen LogP contribution in [-0.2, 0) is 4.79 Å². The van der Waals surface area contributed by atoms with Gasteiger partial charge >= 0.3 is 0 Å². The topological polar surface area (TPSA) is 54.3 Å². The second kappa shape index (κ2) is 8.41. The van der Waals surface area contributed by atoms with Gasteiger partial charge in [0, 0.05) is 31.2 Å². The highest BCUT2D eigenvalue weighted by molar-refractivity contribution is 8.00. The van der Waals surface area contributed by atoms with E-state index in [2.05, 4.69) is 54.3 Å². The molecule has 0 bridgehead atoms. The van der Waals surface area contributed by atoms with Crippen molar-refractivity contribution in [3.05, 3.63) is 0 Å². The third-order valence-electron chi connectivity index (χ3n) is 5.62. The Kier molecular flexibility index (Phi) is 6.39. The fourth-order valence-corrected chi connectivity index (χ4v) is 4.92. The summed E-state index contributed by atoms with van der Waals surface area (Å²) in [6.45, 7) is 14.8. The Morgan fingerprint density at radius 1 is 1.04 bits per heavy atom. The molecule has 1 aromatic rings. The molecule has 0 radical (unpaired) electrons. The number of thioether (sulfide) groups is 1. The summed E-state index contributed by atoms with van der Waals surface area (Å²) in [5.74, 6) is 1.99. The van der Waals surface area contributed by atoms with Gasteiger partial charge in [0.15, 0.2) is 5.16 Å². The van der Waals surface area contributed by atoms with Gasteiger partial charge in [-0.1, -0.05) is 18.7 Å². The lowest BCUT2D eigenvalue weighted by atomic mass is 10.00. The molecule has 1 aromatic heterocycles. The first-order chi connectivity index (χ1) is 12.8. The Labute approximate surface area is 168 Å². The van der Waals surface area contributed by atoms with Crippen molar-refractivity contribution in [2.75, 3.05) is 18.0 Å². The van der Waals surface area contributed by atoms with Crippen molar-refractivity contribution in [3.8, 4) is 0 Å². The zero-order valence-corrected chi connectivity index (χ0v) is 18.5. The lowest BCUT2D eigenvalue weighted by molar-refractivity contribution is -0.133. The van der Waals surface area contributed by atoms with Crippen LogP contribution in [0.4, 0.5) is 5.95 Å². The van der Waals surface area contributed by atoms with E-state index in [1.165, 1.54) is 25.7 Å². The van der Waals surface area contributed by atoms with Crippen LogP contribution >= 0.6 is 11.8 Å². The SMILES string of the molecule is CC1CCN(c2nnc(SC(C)C(=O)N(C(C)C)C(C)C)n2C2CC2)CC1. The predicted octanol–water partition coefficient (Wildman–Crippen LogP) is 3.98. The zero-order chi connectivity index (χ0) is 19.7. The van der Waals surface area contributed by atoms with Crippen LogP contribution < -0.4 is 4.90 Å². The van der Waals surface area contributed by atoms with E-state index in [1.807, 2.05) is 11.8 Å². The number of amides is 1.